The number of sulfonamides is 1. The molecule has 3 fully saturated rings. The van der Waals surface area contributed by atoms with Crippen LogP contribution in [0.4, 0.5) is 4.79 Å². The van der Waals surface area contributed by atoms with Crippen molar-refractivity contribution in [1.82, 2.24) is 19.9 Å². The summed E-state index contributed by atoms with van der Waals surface area (Å²) in [6.45, 7) is 9.17. The van der Waals surface area contributed by atoms with Gasteiger partial charge in [-0.15, -0.1) is 6.58 Å². The third-order valence-corrected chi connectivity index (χ3v) is 11.5. The number of aromatic nitrogens is 1. The first-order chi connectivity index (χ1) is 23.7. The van der Waals surface area contributed by atoms with Crippen molar-refractivity contribution in [3.05, 3.63) is 79.5 Å². The molecule has 2 heterocycles. The predicted molar refractivity (Wildman–Crippen MR) is 186 cm³/mol. The van der Waals surface area contributed by atoms with Crippen LogP contribution in [0.1, 0.15) is 52.9 Å². The number of rotatable bonds is 12. The Bertz CT molecular complexity index is 1920. The first-order valence-electron chi connectivity index (χ1n) is 16.8. The highest BCUT2D eigenvalue weighted by atomic mass is 32.2. The Kier molecular flexibility index (Phi) is 9.47. The topological polar surface area (TPSA) is 161 Å². The monoisotopic (exact) mass is 702 g/mol. The Hall–Kier alpha value is -4.78. The zero-order valence-corrected chi connectivity index (χ0v) is 29.1. The Balaban J connectivity index is 1.27. The zero-order chi connectivity index (χ0) is 35.8. The molecule has 50 heavy (non-hydrogen) atoms. The normalized spacial score (nSPS) is 23.8. The molecule has 5 atom stereocenters. The fourth-order valence-electron chi connectivity index (χ4n) is 6.64. The van der Waals surface area contributed by atoms with Gasteiger partial charge in [0.1, 0.15) is 17.9 Å². The second kappa shape index (κ2) is 13.5. The van der Waals surface area contributed by atoms with E-state index in [1.165, 1.54) is 4.90 Å². The molecule has 2 N–H and O–H groups in total. The highest BCUT2D eigenvalue weighted by Crippen LogP contribution is 2.57. The first-order valence-corrected chi connectivity index (χ1v) is 18.3. The fourth-order valence-corrected chi connectivity index (χ4v) is 8.03. The second-order valence-electron chi connectivity index (χ2n) is 14.5. The third-order valence-electron chi connectivity index (χ3n) is 9.72. The number of pyridine rings is 1. The van der Waals surface area contributed by atoms with Gasteiger partial charge >= 0.3 is 6.09 Å². The van der Waals surface area contributed by atoms with Gasteiger partial charge in [0.15, 0.2) is 5.78 Å². The predicted octanol–water partition coefficient (Wildman–Crippen LogP) is 4.55. The van der Waals surface area contributed by atoms with Crippen LogP contribution in [0.5, 0.6) is 11.6 Å². The summed E-state index contributed by atoms with van der Waals surface area (Å²) in [5, 5.41) is 3.76. The van der Waals surface area contributed by atoms with E-state index < -0.39 is 73.9 Å². The summed E-state index contributed by atoms with van der Waals surface area (Å²) in [6, 6.07) is 15.7. The van der Waals surface area contributed by atoms with Crippen LogP contribution >= 0.6 is 0 Å². The average Bonchev–Trinajstić information content (AvgIpc) is 4.00. The molecule has 2 aliphatic carbocycles. The molecule has 0 spiro atoms. The molecule has 1 aliphatic heterocycles. The van der Waals surface area contributed by atoms with Crippen molar-refractivity contribution in [1.29, 1.82) is 0 Å². The minimum Gasteiger partial charge on any atom is -0.472 e. The number of Topliss-reactive ketones (excluding diaryl/α,β-unsaturated/α-hetero) is 1. The lowest BCUT2D eigenvalue weighted by molar-refractivity contribution is -0.142. The molecule has 0 unspecified atom stereocenters. The smallest absolute Gasteiger partial charge is 0.413 e. The van der Waals surface area contributed by atoms with Crippen LogP contribution in [0, 0.1) is 16.7 Å². The highest BCUT2D eigenvalue weighted by Gasteiger charge is 2.61. The van der Waals surface area contributed by atoms with Crippen molar-refractivity contribution in [2.45, 2.75) is 76.3 Å². The van der Waals surface area contributed by atoms with Crippen molar-refractivity contribution in [3.63, 3.8) is 0 Å². The molecule has 1 saturated heterocycles. The van der Waals surface area contributed by atoms with Gasteiger partial charge in [-0.1, -0.05) is 63.2 Å². The lowest BCUT2D eigenvalue weighted by atomic mass is 9.85. The van der Waals surface area contributed by atoms with Crippen LogP contribution in [0.25, 0.3) is 10.8 Å². The van der Waals surface area contributed by atoms with Gasteiger partial charge in [0.2, 0.25) is 27.7 Å². The number of ether oxygens (including phenoxy) is 2. The van der Waals surface area contributed by atoms with E-state index in [2.05, 4.69) is 21.6 Å². The molecule has 2 aromatic carbocycles. The van der Waals surface area contributed by atoms with Crippen LogP contribution in [0.2, 0.25) is 0 Å². The summed E-state index contributed by atoms with van der Waals surface area (Å²) in [5.41, 5.74) is -2.11. The number of hydrogen-bond donors (Lipinski definition) is 2. The van der Waals surface area contributed by atoms with Crippen molar-refractivity contribution in [2.24, 2.45) is 16.7 Å². The number of allylic oxidation sites excluding steroid dienone is 1. The van der Waals surface area contributed by atoms with Crippen molar-refractivity contribution in [2.75, 3.05) is 6.54 Å². The zero-order valence-electron chi connectivity index (χ0n) is 28.3. The van der Waals surface area contributed by atoms with E-state index in [0.717, 1.165) is 10.8 Å². The van der Waals surface area contributed by atoms with Crippen LogP contribution < -0.4 is 19.5 Å². The number of benzene rings is 2. The van der Waals surface area contributed by atoms with Gasteiger partial charge in [0, 0.05) is 24.4 Å². The van der Waals surface area contributed by atoms with E-state index in [0.29, 0.717) is 24.5 Å². The lowest BCUT2D eigenvalue weighted by Crippen LogP contribution is -2.57. The van der Waals surface area contributed by atoms with Crippen LogP contribution in [0.15, 0.2) is 79.5 Å². The van der Waals surface area contributed by atoms with Crippen LogP contribution in [0.3, 0.4) is 0 Å². The fraction of sp³-hybridized carbons (Fsp3) is 0.432. The van der Waals surface area contributed by atoms with Gasteiger partial charge in [-0.2, -0.15) is 0 Å². The van der Waals surface area contributed by atoms with Crippen molar-refractivity contribution in [3.8, 4) is 11.6 Å². The molecule has 264 valence electrons. The number of nitrogens with zero attached hydrogens (tertiary/aromatic N) is 2. The van der Waals surface area contributed by atoms with Gasteiger partial charge in [-0.05, 0) is 60.2 Å². The van der Waals surface area contributed by atoms with Gasteiger partial charge in [-0.25, -0.2) is 18.2 Å². The average molecular weight is 703 g/mol. The Morgan fingerprint density at radius 1 is 1.06 bits per heavy atom. The molecule has 6 rings (SSSR count). The highest BCUT2D eigenvalue weighted by molar-refractivity contribution is 7.90. The Morgan fingerprint density at radius 2 is 1.76 bits per heavy atom. The number of fused-ring (bicyclic) bond motifs is 1. The maximum atomic E-state index is 14.5. The van der Waals surface area contributed by atoms with E-state index >= 15 is 0 Å². The van der Waals surface area contributed by atoms with Gasteiger partial charge in [-0.3, -0.25) is 19.1 Å². The maximum absolute atomic E-state index is 14.5. The summed E-state index contributed by atoms with van der Waals surface area (Å²) in [5.74, 6) is -1.44. The first kappa shape index (κ1) is 35.1. The summed E-state index contributed by atoms with van der Waals surface area (Å²) in [7, 11) is -3.85. The number of carbonyl (C=O) groups is 4. The van der Waals surface area contributed by atoms with Crippen molar-refractivity contribution >= 4 is 44.5 Å². The lowest BCUT2D eigenvalue weighted by Gasteiger charge is -2.35. The molecule has 2 saturated carbocycles. The molecular formula is C37H42N4O8S. The Morgan fingerprint density at radius 3 is 2.42 bits per heavy atom. The van der Waals surface area contributed by atoms with E-state index in [4.69, 9.17) is 9.47 Å². The van der Waals surface area contributed by atoms with Gasteiger partial charge < -0.3 is 19.7 Å². The van der Waals surface area contributed by atoms with E-state index in [1.807, 2.05) is 30.3 Å². The van der Waals surface area contributed by atoms with E-state index in [9.17, 15) is 27.6 Å². The second-order valence-corrected chi connectivity index (χ2v) is 16.4. The molecule has 0 radical (unpaired) electrons. The molecule has 13 heteroatoms. The van der Waals surface area contributed by atoms with Crippen molar-refractivity contribution < 1.29 is 37.1 Å². The minimum atomic E-state index is -3.85. The van der Waals surface area contributed by atoms with Crippen LogP contribution in [-0.2, 0) is 24.4 Å². The number of nitrogens with one attached hydrogen (secondary N) is 2. The summed E-state index contributed by atoms with van der Waals surface area (Å²) >= 11 is 0. The number of likely N-dealkylation sites (tertiary alicyclic amines) is 1. The molecule has 3 aliphatic rings. The van der Waals surface area contributed by atoms with E-state index in [1.54, 1.807) is 63.4 Å². The van der Waals surface area contributed by atoms with Gasteiger partial charge in [0.25, 0.3) is 0 Å². The SMILES string of the molecule is C=C[C@@H]1C[C@]1(CC(=O)[C@@H]1C[C@@H](Oc2nccc3ccccc23)CN1C(=O)[C@@H](NC(=O)Oc1ccccc1)C(C)(C)C)C(=O)NS(=O)(=O)C1CC1. The van der Waals surface area contributed by atoms with E-state index in [-0.39, 0.29) is 25.8 Å². The molecular weight excluding hydrogens is 660 g/mol. The van der Waals surface area contributed by atoms with Crippen LogP contribution in [-0.4, -0.2) is 72.0 Å². The number of carbonyl (C=O) groups excluding carboxylic acids is 4. The largest absolute Gasteiger partial charge is 0.472 e. The molecule has 0 bridgehead atoms. The summed E-state index contributed by atoms with van der Waals surface area (Å²) in [4.78, 5) is 61.1. The minimum absolute atomic E-state index is 0.00226. The standard InChI is InChI=1S/C37H42N4O8S/c1-5-24-20-37(24,34(44)40-50(46,47)27-15-16-27)21-30(42)29-19-26(48-32-28-14-10-9-11-23(28)17-18-38-32)22-41(29)33(43)31(36(2,3)4)39-35(45)49-25-12-7-6-8-13-25/h5-14,17-18,24,26-27,29,31H,1,15-16,19-22H2,2-4H3,(H,39,45)(H,40,44)/t24-,26-,29+,31-,37-/m1/s1. The summed E-state index contributed by atoms with van der Waals surface area (Å²) in [6.07, 6.45) is 2.70. The third kappa shape index (κ3) is 7.37. The Labute approximate surface area is 291 Å². The molecule has 3 aromatic rings. The summed E-state index contributed by atoms with van der Waals surface area (Å²) < 4.78 is 39.4. The number of para-hydroxylation sites is 1. The number of amides is 3. The maximum Gasteiger partial charge on any atom is 0.413 e. The molecule has 12 nitrogen and oxygen atoms in total. The van der Waals surface area contributed by atoms with Gasteiger partial charge in [0.05, 0.1) is 23.3 Å². The molecule has 3 amide bonds. The number of ketones is 1. The quantitative estimate of drug-likeness (QED) is 0.258. The number of hydrogen-bond acceptors (Lipinski definition) is 9. The molecule has 1 aromatic heterocycles.